The normalized spacial score (nSPS) is 24.4. The zero-order valence-electron chi connectivity index (χ0n) is 19.2. The van der Waals surface area contributed by atoms with Gasteiger partial charge in [0.15, 0.2) is 5.65 Å². The lowest BCUT2D eigenvalue weighted by Gasteiger charge is -2.30. The van der Waals surface area contributed by atoms with Gasteiger partial charge < -0.3 is 25.0 Å². The zero-order valence-corrected chi connectivity index (χ0v) is 19.2. The van der Waals surface area contributed by atoms with Gasteiger partial charge >= 0.3 is 0 Å². The second-order valence-electron chi connectivity index (χ2n) is 9.07. The van der Waals surface area contributed by atoms with Gasteiger partial charge in [-0.15, -0.1) is 0 Å². The van der Waals surface area contributed by atoms with Crippen LogP contribution in [-0.4, -0.2) is 73.7 Å². The van der Waals surface area contributed by atoms with Crippen molar-refractivity contribution in [1.82, 2.24) is 29.5 Å². The minimum absolute atomic E-state index is 0.171. The summed E-state index contributed by atoms with van der Waals surface area (Å²) in [6.07, 6.45) is 5.22. The Labute approximate surface area is 200 Å². The molecule has 6 rings (SSSR count). The van der Waals surface area contributed by atoms with E-state index in [0.29, 0.717) is 43.0 Å². The van der Waals surface area contributed by atoms with E-state index in [1.165, 1.54) is 6.20 Å². The van der Waals surface area contributed by atoms with Crippen LogP contribution in [0.15, 0.2) is 36.8 Å². The highest BCUT2D eigenvalue weighted by Crippen LogP contribution is 2.35. The molecule has 1 aliphatic heterocycles. The highest BCUT2D eigenvalue weighted by molar-refractivity contribution is 6.01. The van der Waals surface area contributed by atoms with Crippen LogP contribution in [0.3, 0.4) is 0 Å². The van der Waals surface area contributed by atoms with Gasteiger partial charge in [-0.3, -0.25) is 4.79 Å². The van der Waals surface area contributed by atoms with E-state index in [0.717, 1.165) is 16.6 Å². The third kappa shape index (κ3) is 3.62. The van der Waals surface area contributed by atoms with Crippen LogP contribution in [0.5, 0.6) is 0 Å². The zero-order chi connectivity index (χ0) is 24.1. The van der Waals surface area contributed by atoms with Crippen molar-refractivity contribution in [3.8, 4) is 11.3 Å². The molecule has 0 radical (unpaired) electrons. The molecular formula is C24H26FN7O3. The summed E-state index contributed by atoms with van der Waals surface area (Å²) in [5, 5.41) is 21.7. The van der Waals surface area contributed by atoms with Crippen LogP contribution in [-0.2, 0) is 4.74 Å². The SMILES string of the molecule is CNc1cc(-c2cn([C@@H]3CCOC[C@H]3O)c3ncccc23)nc2c(C(=O)NC3CC[C@@H]3F)cnn12. The molecule has 4 aromatic heterocycles. The first kappa shape index (κ1) is 21.9. The number of aromatic nitrogens is 5. The van der Waals surface area contributed by atoms with Crippen LogP contribution in [0.4, 0.5) is 10.2 Å². The van der Waals surface area contributed by atoms with Crippen molar-refractivity contribution in [2.24, 2.45) is 0 Å². The van der Waals surface area contributed by atoms with Crippen molar-refractivity contribution in [1.29, 1.82) is 0 Å². The van der Waals surface area contributed by atoms with Gasteiger partial charge in [0.2, 0.25) is 0 Å². The number of halogens is 1. The van der Waals surface area contributed by atoms with Gasteiger partial charge in [-0.25, -0.2) is 14.4 Å². The number of carbonyl (C=O) groups excluding carboxylic acids is 1. The van der Waals surface area contributed by atoms with Gasteiger partial charge in [0.05, 0.1) is 36.7 Å². The summed E-state index contributed by atoms with van der Waals surface area (Å²) in [5.74, 6) is 0.250. The third-order valence-electron chi connectivity index (χ3n) is 6.99. The number of alkyl halides is 1. The molecule has 1 aliphatic carbocycles. The molecule has 3 N–H and O–H groups in total. The number of rotatable bonds is 5. The number of amides is 1. The Morgan fingerprint density at radius 3 is 2.91 bits per heavy atom. The van der Waals surface area contributed by atoms with Gasteiger partial charge in [0.1, 0.15) is 23.2 Å². The van der Waals surface area contributed by atoms with Gasteiger partial charge in [-0.1, -0.05) is 0 Å². The number of aliphatic hydroxyl groups is 1. The maximum absolute atomic E-state index is 13.7. The highest BCUT2D eigenvalue weighted by Gasteiger charge is 2.33. The highest BCUT2D eigenvalue weighted by atomic mass is 19.1. The molecule has 35 heavy (non-hydrogen) atoms. The van der Waals surface area contributed by atoms with Crippen molar-refractivity contribution >= 4 is 28.4 Å². The fourth-order valence-electron chi connectivity index (χ4n) is 4.88. The van der Waals surface area contributed by atoms with Crippen molar-refractivity contribution in [2.75, 3.05) is 25.6 Å². The number of pyridine rings is 1. The molecule has 10 nitrogen and oxygen atoms in total. The van der Waals surface area contributed by atoms with Crippen molar-refractivity contribution < 1.29 is 19.0 Å². The van der Waals surface area contributed by atoms with E-state index >= 15 is 0 Å². The molecule has 11 heteroatoms. The number of aliphatic hydroxyl groups excluding tert-OH is 1. The number of anilines is 1. The van der Waals surface area contributed by atoms with Crippen LogP contribution in [0.25, 0.3) is 27.9 Å². The monoisotopic (exact) mass is 479 g/mol. The van der Waals surface area contributed by atoms with E-state index in [-0.39, 0.29) is 18.2 Å². The number of fused-ring (bicyclic) bond motifs is 2. The van der Waals surface area contributed by atoms with E-state index in [9.17, 15) is 14.3 Å². The summed E-state index contributed by atoms with van der Waals surface area (Å²) < 4.78 is 22.7. The molecule has 4 aromatic rings. The van der Waals surface area contributed by atoms with Crippen molar-refractivity contribution in [3.05, 3.63) is 42.4 Å². The smallest absolute Gasteiger partial charge is 0.257 e. The van der Waals surface area contributed by atoms with E-state index in [1.807, 2.05) is 29.0 Å². The minimum atomic E-state index is -1.02. The molecule has 1 unspecified atom stereocenters. The average molecular weight is 480 g/mol. The summed E-state index contributed by atoms with van der Waals surface area (Å²) in [7, 11) is 1.77. The molecule has 4 atom stereocenters. The minimum Gasteiger partial charge on any atom is -0.389 e. The summed E-state index contributed by atoms with van der Waals surface area (Å²) >= 11 is 0. The lowest BCUT2D eigenvalue weighted by atomic mass is 9.90. The summed E-state index contributed by atoms with van der Waals surface area (Å²) in [6, 6.07) is 5.04. The second-order valence-corrected chi connectivity index (χ2v) is 9.07. The summed E-state index contributed by atoms with van der Waals surface area (Å²) in [6.45, 7) is 0.836. The maximum Gasteiger partial charge on any atom is 0.257 e. The fraction of sp³-hybridized carbons (Fsp3) is 0.417. The van der Waals surface area contributed by atoms with Crippen LogP contribution in [0.2, 0.25) is 0 Å². The lowest BCUT2D eigenvalue weighted by Crippen LogP contribution is -2.48. The molecule has 1 saturated heterocycles. The molecule has 0 spiro atoms. The molecular weight excluding hydrogens is 453 g/mol. The average Bonchev–Trinajstić information content (AvgIpc) is 3.48. The Hall–Kier alpha value is -3.57. The van der Waals surface area contributed by atoms with Crippen molar-refractivity contribution in [3.63, 3.8) is 0 Å². The number of hydrogen-bond acceptors (Lipinski definition) is 7. The largest absolute Gasteiger partial charge is 0.389 e. The predicted octanol–water partition coefficient (Wildman–Crippen LogP) is 2.34. The van der Waals surface area contributed by atoms with Crippen LogP contribution in [0.1, 0.15) is 35.7 Å². The first-order chi connectivity index (χ1) is 17.0. The molecule has 182 valence electrons. The molecule has 1 amide bonds. The Morgan fingerprint density at radius 2 is 2.17 bits per heavy atom. The van der Waals surface area contributed by atoms with E-state index in [4.69, 9.17) is 9.72 Å². The quantitative estimate of drug-likeness (QED) is 0.402. The predicted molar refractivity (Wildman–Crippen MR) is 127 cm³/mol. The molecule has 5 heterocycles. The number of carbonyl (C=O) groups is 1. The van der Waals surface area contributed by atoms with E-state index < -0.39 is 24.2 Å². The second kappa shape index (κ2) is 8.58. The first-order valence-electron chi connectivity index (χ1n) is 11.8. The molecule has 2 aliphatic rings. The first-order valence-corrected chi connectivity index (χ1v) is 11.8. The number of nitrogens with zero attached hydrogens (tertiary/aromatic N) is 5. The standard InChI is InChI=1S/C24H26FN7O3/c1-26-21-9-18(29-23-14(10-28-32(21)23)24(34)30-17-5-4-16(17)25)15-11-31(19-6-8-35-12-20(19)33)22-13(15)3-2-7-27-22/h2-3,7,9-11,16-17,19-20,26,33H,4-6,8,12H2,1H3,(H,30,34)/t16-,17?,19+,20+/m0/s1. The summed E-state index contributed by atoms with van der Waals surface area (Å²) in [4.78, 5) is 22.3. The number of nitrogens with one attached hydrogen (secondary N) is 2. The van der Waals surface area contributed by atoms with Gasteiger partial charge in [0, 0.05) is 43.1 Å². The van der Waals surface area contributed by atoms with Crippen LogP contribution >= 0.6 is 0 Å². The van der Waals surface area contributed by atoms with E-state index in [1.54, 1.807) is 17.8 Å². The van der Waals surface area contributed by atoms with Crippen LogP contribution < -0.4 is 10.6 Å². The Morgan fingerprint density at radius 1 is 1.29 bits per heavy atom. The molecule has 0 aromatic carbocycles. The van der Waals surface area contributed by atoms with E-state index in [2.05, 4.69) is 20.7 Å². The Kier molecular flexibility index (Phi) is 5.37. The third-order valence-corrected chi connectivity index (χ3v) is 6.99. The van der Waals surface area contributed by atoms with Gasteiger partial charge in [-0.05, 0) is 31.4 Å². The number of ether oxygens (including phenoxy) is 1. The fourth-order valence-corrected chi connectivity index (χ4v) is 4.88. The lowest BCUT2D eigenvalue weighted by molar-refractivity contribution is -0.0375. The topological polar surface area (TPSA) is 119 Å². The molecule has 2 fully saturated rings. The van der Waals surface area contributed by atoms with Crippen molar-refractivity contribution in [2.45, 2.75) is 43.6 Å². The molecule has 1 saturated carbocycles. The molecule has 0 bridgehead atoms. The Balaban J connectivity index is 1.47. The van der Waals surface area contributed by atoms with Gasteiger partial charge in [-0.2, -0.15) is 9.61 Å². The summed E-state index contributed by atoms with van der Waals surface area (Å²) in [5.41, 5.74) is 2.84. The van der Waals surface area contributed by atoms with Crippen LogP contribution in [0, 0.1) is 0 Å². The maximum atomic E-state index is 13.7. The number of hydrogen-bond donors (Lipinski definition) is 3. The van der Waals surface area contributed by atoms with Gasteiger partial charge in [0.25, 0.3) is 5.91 Å². The Bertz CT molecular complexity index is 1420.